The van der Waals surface area contributed by atoms with E-state index in [1.807, 2.05) is 30.3 Å². The summed E-state index contributed by atoms with van der Waals surface area (Å²) < 4.78 is 31.2. The number of hydrogen-bond acceptors (Lipinski definition) is 2. The molecule has 0 bridgehead atoms. The van der Waals surface area contributed by atoms with Crippen molar-refractivity contribution in [2.75, 3.05) is 6.61 Å². The van der Waals surface area contributed by atoms with E-state index in [2.05, 4.69) is 4.74 Å². The normalized spacial score (nSPS) is 11.7. The zero-order valence-electron chi connectivity index (χ0n) is 10.9. The smallest absolute Gasteiger partial charge is 0.312 e. The number of ether oxygens (including phenoxy) is 1. The molecule has 0 spiro atoms. The van der Waals surface area contributed by atoms with Gasteiger partial charge in [0, 0.05) is 0 Å². The highest BCUT2D eigenvalue weighted by atomic mass is 19.3. The number of alkyl halides is 2. The first-order valence-electron chi connectivity index (χ1n) is 6.28. The second-order valence-corrected chi connectivity index (χ2v) is 4.17. The Balaban J connectivity index is 2.36. The number of aryl methyl sites for hydroxylation is 1. The third-order valence-corrected chi connectivity index (χ3v) is 2.49. The minimum absolute atomic E-state index is 0.118. The second kappa shape index (κ2) is 7.67. The minimum atomic E-state index is -3.14. The maximum atomic E-state index is 13.3. The molecule has 0 radical (unpaired) electrons. The molecule has 0 amide bonds. The van der Waals surface area contributed by atoms with E-state index >= 15 is 0 Å². The molecule has 1 aromatic rings. The van der Waals surface area contributed by atoms with E-state index < -0.39 is 18.3 Å². The molecular weight excluding hydrogens is 250 g/mol. The van der Waals surface area contributed by atoms with E-state index in [1.54, 1.807) is 6.92 Å². The van der Waals surface area contributed by atoms with Crippen LogP contribution in [0.4, 0.5) is 8.78 Å². The molecule has 1 rings (SSSR count). The van der Waals surface area contributed by atoms with Crippen molar-refractivity contribution in [3.8, 4) is 0 Å². The molecule has 4 heteroatoms. The van der Waals surface area contributed by atoms with E-state index in [-0.39, 0.29) is 6.61 Å². The minimum Gasteiger partial charge on any atom is -0.466 e. The summed E-state index contributed by atoms with van der Waals surface area (Å²) in [6.07, 6.45) is 2.51. The van der Waals surface area contributed by atoms with E-state index in [9.17, 15) is 13.6 Å². The molecule has 0 aliphatic carbocycles. The molecule has 0 aromatic heterocycles. The van der Waals surface area contributed by atoms with Crippen molar-refractivity contribution in [1.29, 1.82) is 0 Å². The van der Waals surface area contributed by atoms with Gasteiger partial charge in [-0.25, -0.2) is 8.78 Å². The van der Waals surface area contributed by atoms with Gasteiger partial charge in [0.25, 0.3) is 5.92 Å². The van der Waals surface area contributed by atoms with Crippen molar-refractivity contribution in [2.45, 2.75) is 32.1 Å². The Morgan fingerprint density at radius 1 is 1.32 bits per heavy atom. The highest BCUT2D eigenvalue weighted by Gasteiger charge is 2.29. The number of hydrogen-bond donors (Lipinski definition) is 0. The largest absolute Gasteiger partial charge is 0.466 e. The summed E-state index contributed by atoms with van der Waals surface area (Å²) in [5, 5.41) is 0. The van der Waals surface area contributed by atoms with Crippen molar-refractivity contribution < 1.29 is 18.3 Å². The van der Waals surface area contributed by atoms with Gasteiger partial charge in [-0.15, -0.1) is 0 Å². The molecule has 0 atom stereocenters. The van der Waals surface area contributed by atoms with E-state index in [0.717, 1.165) is 11.6 Å². The lowest BCUT2D eigenvalue weighted by Gasteiger charge is -2.10. The third-order valence-electron chi connectivity index (χ3n) is 2.49. The Morgan fingerprint density at radius 3 is 2.63 bits per heavy atom. The fourth-order valence-corrected chi connectivity index (χ4v) is 1.61. The summed E-state index contributed by atoms with van der Waals surface area (Å²) in [7, 11) is 0. The number of benzene rings is 1. The SMILES string of the molecule is CCOC(=O)CC(F)(F)/C=C/CCc1ccccc1. The first kappa shape index (κ1) is 15.3. The van der Waals surface area contributed by atoms with Crippen LogP contribution in [0.25, 0.3) is 0 Å². The standard InChI is InChI=1S/C15H18F2O2/c1-2-19-14(18)12-15(16,17)11-7-6-10-13-8-4-3-5-9-13/h3-5,7-9,11H,2,6,10,12H2,1H3/b11-7+. The third kappa shape index (κ3) is 6.70. The first-order chi connectivity index (χ1) is 9.03. The average Bonchev–Trinajstić information content (AvgIpc) is 2.35. The number of carbonyl (C=O) groups excluding carboxylic acids is 1. The van der Waals surface area contributed by atoms with E-state index in [1.165, 1.54) is 6.08 Å². The Kier molecular flexibility index (Phi) is 6.19. The van der Waals surface area contributed by atoms with E-state index in [0.29, 0.717) is 12.8 Å². The fraction of sp³-hybridized carbons (Fsp3) is 0.400. The molecule has 0 aliphatic heterocycles. The number of esters is 1. The number of rotatable bonds is 7. The van der Waals surface area contributed by atoms with Crippen LogP contribution in [0.5, 0.6) is 0 Å². The van der Waals surface area contributed by atoms with E-state index in [4.69, 9.17) is 0 Å². The molecule has 0 saturated carbocycles. The predicted octanol–water partition coefficient (Wildman–Crippen LogP) is 3.76. The second-order valence-electron chi connectivity index (χ2n) is 4.17. The van der Waals surface area contributed by atoms with Gasteiger partial charge in [0.15, 0.2) is 0 Å². The van der Waals surface area contributed by atoms with Crippen molar-refractivity contribution in [3.05, 3.63) is 48.0 Å². The van der Waals surface area contributed by atoms with Gasteiger partial charge in [0.1, 0.15) is 6.42 Å². The van der Waals surface area contributed by atoms with Crippen LogP contribution in [0.1, 0.15) is 25.3 Å². The van der Waals surface area contributed by atoms with Gasteiger partial charge in [-0.1, -0.05) is 36.4 Å². The molecule has 104 valence electrons. The van der Waals surface area contributed by atoms with Crippen LogP contribution in [-0.4, -0.2) is 18.5 Å². The summed E-state index contributed by atoms with van der Waals surface area (Å²) in [5.41, 5.74) is 1.10. The van der Waals surface area contributed by atoms with Gasteiger partial charge in [-0.05, 0) is 31.4 Å². The van der Waals surface area contributed by atoms with Gasteiger partial charge in [-0.2, -0.15) is 0 Å². The summed E-state index contributed by atoms with van der Waals surface area (Å²) in [6.45, 7) is 1.71. The van der Waals surface area contributed by atoms with Crippen LogP contribution in [0.15, 0.2) is 42.5 Å². The van der Waals surface area contributed by atoms with Crippen LogP contribution in [0.2, 0.25) is 0 Å². The molecular formula is C15H18F2O2. The van der Waals surface area contributed by atoms with Gasteiger partial charge in [-0.3, -0.25) is 4.79 Å². The summed E-state index contributed by atoms with van der Waals surface area (Å²) in [4.78, 5) is 11.0. The van der Waals surface area contributed by atoms with Crippen molar-refractivity contribution >= 4 is 5.97 Å². The zero-order valence-corrected chi connectivity index (χ0v) is 10.9. The highest BCUT2D eigenvalue weighted by molar-refractivity contribution is 5.70. The highest BCUT2D eigenvalue weighted by Crippen LogP contribution is 2.21. The molecule has 1 aromatic carbocycles. The lowest BCUT2D eigenvalue weighted by Crippen LogP contribution is -2.20. The first-order valence-corrected chi connectivity index (χ1v) is 6.28. The van der Waals surface area contributed by atoms with Crippen LogP contribution >= 0.6 is 0 Å². The maximum Gasteiger partial charge on any atom is 0.312 e. The molecule has 2 nitrogen and oxygen atoms in total. The van der Waals surface area contributed by atoms with Crippen LogP contribution in [0, 0.1) is 0 Å². The quantitative estimate of drug-likeness (QED) is 0.556. The van der Waals surface area contributed by atoms with Gasteiger partial charge in [0.05, 0.1) is 6.61 Å². The molecule has 0 heterocycles. The average molecular weight is 268 g/mol. The predicted molar refractivity (Wildman–Crippen MR) is 70.1 cm³/mol. The Bertz CT molecular complexity index is 413. The summed E-state index contributed by atoms with van der Waals surface area (Å²) in [6, 6.07) is 9.63. The molecule has 0 fully saturated rings. The number of halogens is 2. The lowest BCUT2D eigenvalue weighted by molar-refractivity contribution is -0.148. The zero-order chi connectivity index (χ0) is 14.1. The van der Waals surface area contributed by atoms with Gasteiger partial charge >= 0.3 is 5.97 Å². The maximum absolute atomic E-state index is 13.3. The topological polar surface area (TPSA) is 26.3 Å². The molecule has 0 aliphatic rings. The summed E-state index contributed by atoms with van der Waals surface area (Å²) >= 11 is 0. The molecule has 19 heavy (non-hydrogen) atoms. The van der Waals surface area contributed by atoms with Crippen LogP contribution in [-0.2, 0) is 16.0 Å². The fourth-order valence-electron chi connectivity index (χ4n) is 1.61. The Hall–Kier alpha value is -1.71. The molecule has 0 saturated heterocycles. The number of allylic oxidation sites excluding steroid dienone is 2. The van der Waals surface area contributed by atoms with Gasteiger partial charge in [0.2, 0.25) is 0 Å². The monoisotopic (exact) mass is 268 g/mol. The van der Waals surface area contributed by atoms with Crippen molar-refractivity contribution in [3.63, 3.8) is 0 Å². The van der Waals surface area contributed by atoms with Crippen molar-refractivity contribution in [1.82, 2.24) is 0 Å². The van der Waals surface area contributed by atoms with Gasteiger partial charge < -0.3 is 4.74 Å². The Morgan fingerprint density at radius 2 is 2.00 bits per heavy atom. The molecule has 0 unspecified atom stereocenters. The van der Waals surface area contributed by atoms with Crippen LogP contribution in [0.3, 0.4) is 0 Å². The lowest BCUT2D eigenvalue weighted by atomic mass is 10.1. The van der Waals surface area contributed by atoms with Crippen LogP contribution < -0.4 is 0 Å². The molecule has 0 N–H and O–H groups in total. The summed E-state index contributed by atoms with van der Waals surface area (Å²) in [5.74, 6) is -4.01. The van der Waals surface area contributed by atoms with Crippen molar-refractivity contribution in [2.24, 2.45) is 0 Å². The number of carbonyl (C=O) groups is 1. The Labute approximate surface area is 112 Å².